The number of nitrogens with one attached hydrogen (secondary N) is 1. The Morgan fingerprint density at radius 3 is 2.71 bits per heavy atom. The van der Waals surface area contributed by atoms with Gasteiger partial charge in [0.05, 0.1) is 4.90 Å². The third kappa shape index (κ3) is 5.70. The molecule has 1 aromatic carbocycles. The first-order chi connectivity index (χ1) is 9.88. The van der Waals surface area contributed by atoms with Crippen LogP contribution < -0.4 is 10.5 Å². The van der Waals surface area contributed by atoms with Crippen molar-refractivity contribution >= 4 is 27.2 Å². The molecule has 0 saturated heterocycles. The Labute approximate surface area is 131 Å². The van der Waals surface area contributed by atoms with Crippen LogP contribution in [0.15, 0.2) is 23.1 Å². The highest BCUT2D eigenvalue weighted by molar-refractivity contribution is 7.89. The molecular weight excluding hydrogens is 308 g/mol. The minimum Gasteiger partial charge on any atom is -0.389 e. The van der Waals surface area contributed by atoms with Crippen molar-refractivity contribution < 1.29 is 13.2 Å². The number of hydrogen-bond donors (Lipinski definition) is 2. The van der Waals surface area contributed by atoms with E-state index in [9.17, 15) is 8.42 Å². The van der Waals surface area contributed by atoms with Gasteiger partial charge in [-0.15, -0.1) is 0 Å². The van der Waals surface area contributed by atoms with Crippen LogP contribution in [0.1, 0.15) is 30.9 Å². The van der Waals surface area contributed by atoms with E-state index in [0.717, 1.165) is 6.42 Å². The van der Waals surface area contributed by atoms with Gasteiger partial charge < -0.3 is 10.5 Å². The summed E-state index contributed by atoms with van der Waals surface area (Å²) in [6.45, 7) is 5.34. The lowest BCUT2D eigenvalue weighted by Crippen LogP contribution is -2.26. The second-order valence-electron chi connectivity index (χ2n) is 4.71. The molecule has 21 heavy (non-hydrogen) atoms. The van der Waals surface area contributed by atoms with E-state index in [2.05, 4.69) is 4.72 Å². The lowest BCUT2D eigenvalue weighted by molar-refractivity contribution is 0.133. The van der Waals surface area contributed by atoms with Crippen molar-refractivity contribution in [3.8, 4) is 0 Å². The second kappa shape index (κ2) is 8.43. The van der Waals surface area contributed by atoms with Gasteiger partial charge in [0.25, 0.3) is 0 Å². The molecular formula is C14H22N2O3S2. The van der Waals surface area contributed by atoms with Crippen LogP contribution in [-0.2, 0) is 14.8 Å². The average molecular weight is 330 g/mol. The molecule has 0 atom stereocenters. The van der Waals surface area contributed by atoms with Gasteiger partial charge in [-0.05, 0) is 31.4 Å². The van der Waals surface area contributed by atoms with Crippen molar-refractivity contribution in [1.29, 1.82) is 0 Å². The van der Waals surface area contributed by atoms with E-state index in [-0.39, 0.29) is 9.88 Å². The average Bonchev–Trinajstić information content (AvgIpc) is 2.42. The Morgan fingerprint density at radius 1 is 1.38 bits per heavy atom. The number of sulfonamides is 1. The summed E-state index contributed by atoms with van der Waals surface area (Å²) in [5.41, 5.74) is 6.74. The van der Waals surface area contributed by atoms with Crippen LogP contribution in [0.4, 0.5) is 0 Å². The van der Waals surface area contributed by atoms with Gasteiger partial charge in [0.2, 0.25) is 10.0 Å². The van der Waals surface area contributed by atoms with Crippen LogP contribution in [0.3, 0.4) is 0 Å². The first-order valence-electron chi connectivity index (χ1n) is 6.86. The summed E-state index contributed by atoms with van der Waals surface area (Å²) < 4.78 is 32.4. The molecule has 0 unspecified atom stereocenters. The molecule has 0 aromatic heterocycles. The van der Waals surface area contributed by atoms with E-state index in [0.29, 0.717) is 37.3 Å². The molecule has 0 radical (unpaired) electrons. The molecule has 0 amide bonds. The van der Waals surface area contributed by atoms with E-state index < -0.39 is 10.0 Å². The number of nitrogens with two attached hydrogens (primary N) is 1. The van der Waals surface area contributed by atoms with Crippen LogP contribution in [0.5, 0.6) is 0 Å². The molecule has 0 bridgehead atoms. The summed E-state index contributed by atoms with van der Waals surface area (Å²) >= 11 is 4.88. The number of hydrogen-bond acceptors (Lipinski definition) is 4. The Morgan fingerprint density at radius 2 is 2.10 bits per heavy atom. The predicted molar refractivity (Wildman–Crippen MR) is 88.0 cm³/mol. The molecule has 0 spiro atoms. The Bertz CT molecular complexity index is 586. The molecule has 0 aliphatic carbocycles. The smallest absolute Gasteiger partial charge is 0.240 e. The summed E-state index contributed by atoms with van der Waals surface area (Å²) in [6.07, 6.45) is 1.59. The molecule has 7 heteroatoms. The molecule has 0 saturated carbocycles. The molecule has 0 heterocycles. The summed E-state index contributed by atoms with van der Waals surface area (Å²) in [4.78, 5) is 0.390. The van der Waals surface area contributed by atoms with Gasteiger partial charge in [-0.25, -0.2) is 13.1 Å². The Balaban J connectivity index is 2.70. The summed E-state index contributed by atoms with van der Waals surface area (Å²) in [7, 11) is -3.56. The quantitative estimate of drug-likeness (QED) is 0.532. The normalized spacial score (nSPS) is 11.5. The molecule has 3 N–H and O–H groups in total. The maximum absolute atomic E-state index is 12.3. The van der Waals surface area contributed by atoms with E-state index >= 15 is 0 Å². The zero-order valence-corrected chi connectivity index (χ0v) is 14.0. The van der Waals surface area contributed by atoms with Crippen LogP contribution >= 0.6 is 12.2 Å². The maximum Gasteiger partial charge on any atom is 0.240 e. The number of aryl methyl sites for hydroxylation is 1. The zero-order valence-electron chi connectivity index (χ0n) is 12.4. The summed E-state index contributed by atoms with van der Waals surface area (Å²) in [6, 6.07) is 4.93. The lowest BCUT2D eigenvalue weighted by Gasteiger charge is -2.11. The van der Waals surface area contributed by atoms with E-state index in [1.807, 2.05) is 6.92 Å². The first-order valence-corrected chi connectivity index (χ1v) is 8.75. The Kier molecular flexibility index (Phi) is 7.24. The molecule has 1 rings (SSSR count). The van der Waals surface area contributed by atoms with Crippen LogP contribution in [0.2, 0.25) is 0 Å². The van der Waals surface area contributed by atoms with Gasteiger partial charge in [-0.1, -0.05) is 31.3 Å². The van der Waals surface area contributed by atoms with Gasteiger partial charge in [-0.2, -0.15) is 0 Å². The third-order valence-corrected chi connectivity index (χ3v) is 4.71. The standard InChI is InChI=1S/C14H22N2O3S2/c1-3-8-19-9-4-7-16-21(17,18)13-10-12(14(15)20)6-5-11(13)2/h5-6,10,16H,3-4,7-9H2,1-2H3,(H2,15,20). The van der Waals surface area contributed by atoms with Gasteiger partial charge in [0.15, 0.2) is 0 Å². The highest BCUT2D eigenvalue weighted by Gasteiger charge is 2.17. The fourth-order valence-electron chi connectivity index (χ4n) is 1.75. The van der Waals surface area contributed by atoms with E-state index in [1.165, 1.54) is 6.07 Å². The molecule has 5 nitrogen and oxygen atoms in total. The van der Waals surface area contributed by atoms with Gasteiger partial charge >= 0.3 is 0 Å². The van der Waals surface area contributed by atoms with Crippen molar-refractivity contribution in [2.24, 2.45) is 5.73 Å². The number of ether oxygens (including phenoxy) is 1. The van der Waals surface area contributed by atoms with Crippen LogP contribution in [-0.4, -0.2) is 33.2 Å². The second-order valence-corrected chi connectivity index (χ2v) is 6.88. The van der Waals surface area contributed by atoms with Crippen molar-refractivity contribution in [3.63, 3.8) is 0 Å². The van der Waals surface area contributed by atoms with Gasteiger partial charge in [-0.3, -0.25) is 0 Å². The van der Waals surface area contributed by atoms with Crippen molar-refractivity contribution in [1.82, 2.24) is 4.72 Å². The molecule has 1 aromatic rings. The predicted octanol–water partition coefficient (Wildman–Crippen LogP) is 1.72. The number of thiocarbonyl (C=S) groups is 1. The maximum atomic E-state index is 12.3. The minimum atomic E-state index is -3.56. The minimum absolute atomic E-state index is 0.180. The molecule has 118 valence electrons. The Hall–Kier alpha value is -1.02. The monoisotopic (exact) mass is 330 g/mol. The zero-order chi connectivity index (χ0) is 15.9. The van der Waals surface area contributed by atoms with E-state index in [1.54, 1.807) is 19.1 Å². The van der Waals surface area contributed by atoms with Crippen molar-refractivity contribution in [2.45, 2.75) is 31.6 Å². The lowest BCUT2D eigenvalue weighted by atomic mass is 10.1. The fourth-order valence-corrected chi connectivity index (χ4v) is 3.22. The summed E-state index contributed by atoms with van der Waals surface area (Å²) in [5.74, 6) is 0. The number of benzene rings is 1. The van der Waals surface area contributed by atoms with Gasteiger partial charge in [0.1, 0.15) is 4.99 Å². The van der Waals surface area contributed by atoms with Crippen LogP contribution in [0, 0.1) is 6.92 Å². The number of rotatable bonds is 9. The van der Waals surface area contributed by atoms with E-state index in [4.69, 9.17) is 22.7 Å². The topological polar surface area (TPSA) is 81.4 Å². The van der Waals surface area contributed by atoms with Gasteiger partial charge in [0, 0.05) is 25.3 Å². The van der Waals surface area contributed by atoms with Crippen molar-refractivity contribution in [2.75, 3.05) is 19.8 Å². The van der Waals surface area contributed by atoms with Crippen molar-refractivity contribution in [3.05, 3.63) is 29.3 Å². The molecule has 0 fully saturated rings. The highest BCUT2D eigenvalue weighted by Crippen LogP contribution is 2.17. The third-order valence-electron chi connectivity index (χ3n) is 2.87. The summed E-state index contributed by atoms with van der Waals surface area (Å²) in [5, 5.41) is 0. The largest absolute Gasteiger partial charge is 0.389 e. The fraction of sp³-hybridized carbons (Fsp3) is 0.500. The SMILES string of the molecule is CCCOCCCNS(=O)(=O)c1cc(C(N)=S)ccc1C. The first kappa shape index (κ1) is 18.0. The molecule has 0 aliphatic heterocycles. The van der Waals surface area contributed by atoms with Crippen LogP contribution in [0.25, 0.3) is 0 Å². The molecule has 0 aliphatic rings. The highest BCUT2D eigenvalue weighted by atomic mass is 32.2.